The highest BCUT2D eigenvalue weighted by atomic mass is 35.5. The van der Waals surface area contributed by atoms with Crippen LogP contribution in [0.25, 0.3) is 0 Å². The topological polar surface area (TPSA) is 64.2 Å². The number of thioether (sulfide) groups is 1. The summed E-state index contributed by atoms with van der Waals surface area (Å²) in [5, 5.41) is 4.35. The van der Waals surface area contributed by atoms with Crippen LogP contribution in [0.2, 0.25) is 4.34 Å². The summed E-state index contributed by atoms with van der Waals surface area (Å²) in [4.78, 5) is 3.79. The van der Waals surface area contributed by atoms with Gasteiger partial charge in [-0.15, -0.1) is 5.10 Å². The van der Waals surface area contributed by atoms with Crippen molar-refractivity contribution in [2.45, 2.75) is 5.75 Å². The first kappa shape index (κ1) is 9.76. The maximum absolute atomic E-state index is 5.77. The predicted molar refractivity (Wildman–Crippen MR) is 53.8 cm³/mol. The second-order valence-electron chi connectivity index (χ2n) is 1.84. The van der Waals surface area contributed by atoms with E-state index in [0.717, 1.165) is 5.69 Å². The lowest BCUT2D eigenvalue weighted by Crippen LogP contribution is -2.06. The molecule has 0 fully saturated rings. The zero-order valence-corrected chi connectivity index (χ0v) is 8.71. The average molecular weight is 223 g/mol. The number of nitrogens with zero attached hydrogens (tertiary/aromatic N) is 3. The van der Waals surface area contributed by atoms with Gasteiger partial charge in [0.2, 0.25) is 0 Å². The monoisotopic (exact) mass is 222 g/mol. The van der Waals surface area contributed by atoms with Crippen molar-refractivity contribution < 1.29 is 0 Å². The third-order valence-corrected chi connectivity index (χ3v) is 2.97. The summed E-state index contributed by atoms with van der Waals surface area (Å²) in [6.07, 6.45) is 0. The van der Waals surface area contributed by atoms with Crippen molar-refractivity contribution in [3.8, 4) is 0 Å². The summed E-state index contributed by atoms with van der Waals surface area (Å²) in [7, 11) is 1.64. The molecule has 0 amide bonds. The van der Waals surface area contributed by atoms with Crippen molar-refractivity contribution in [1.82, 2.24) is 9.59 Å². The normalized spacial score (nSPS) is 12.0. The molecule has 1 aromatic heterocycles. The lowest BCUT2D eigenvalue weighted by Gasteiger charge is -1.95. The molecule has 0 aliphatic rings. The van der Waals surface area contributed by atoms with E-state index in [0.29, 0.717) is 15.3 Å². The molecule has 0 bridgehead atoms. The molecule has 66 valence electrons. The van der Waals surface area contributed by atoms with Crippen LogP contribution in [0.4, 0.5) is 0 Å². The fourth-order valence-electron chi connectivity index (χ4n) is 0.490. The zero-order chi connectivity index (χ0) is 8.97. The molecule has 0 aliphatic carbocycles. The molecule has 4 nitrogen and oxygen atoms in total. The summed E-state index contributed by atoms with van der Waals surface area (Å²) in [6, 6.07) is 0. The van der Waals surface area contributed by atoms with Gasteiger partial charge in [-0.25, -0.2) is 0 Å². The van der Waals surface area contributed by atoms with Gasteiger partial charge in [-0.2, -0.15) is 0 Å². The van der Waals surface area contributed by atoms with Gasteiger partial charge in [0, 0.05) is 24.3 Å². The Bertz CT molecular complexity index is 285. The Kier molecular flexibility index (Phi) is 3.77. The molecule has 0 aromatic carbocycles. The van der Waals surface area contributed by atoms with Gasteiger partial charge in [-0.05, 0) is 0 Å². The van der Waals surface area contributed by atoms with E-state index >= 15 is 0 Å². The fourth-order valence-corrected chi connectivity index (χ4v) is 1.90. The molecular weight excluding hydrogens is 216 g/mol. The molecule has 0 saturated heterocycles. The maximum atomic E-state index is 5.77. The van der Waals surface area contributed by atoms with Crippen molar-refractivity contribution in [1.29, 1.82) is 0 Å². The number of amidine groups is 1. The Labute approximate surface area is 83.4 Å². The van der Waals surface area contributed by atoms with Crippen molar-refractivity contribution >= 4 is 40.1 Å². The largest absolute Gasteiger partial charge is 0.379 e. The number of hydrogen-bond donors (Lipinski definition) is 1. The van der Waals surface area contributed by atoms with Crippen LogP contribution in [-0.2, 0) is 5.75 Å². The molecule has 1 heterocycles. The summed E-state index contributed by atoms with van der Waals surface area (Å²) >= 11 is 8.34. The number of aliphatic imine (C=N–C) groups is 1. The van der Waals surface area contributed by atoms with Crippen LogP contribution in [-0.4, -0.2) is 21.8 Å². The van der Waals surface area contributed by atoms with Gasteiger partial charge in [-0.1, -0.05) is 27.9 Å². The summed E-state index contributed by atoms with van der Waals surface area (Å²) in [5.74, 6) is 0.624. The third-order valence-electron chi connectivity index (χ3n) is 1.09. The summed E-state index contributed by atoms with van der Waals surface area (Å²) in [5.41, 5.74) is 6.23. The van der Waals surface area contributed by atoms with Crippen LogP contribution in [0.3, 0.4) is 0 Å². The second-order valence-corrected chi connectivity index (χ2v) is 4.20. The first-order valence-electron chi connectivity index (χ1n) is 3.06. The zero-order valence-electron chi connectivity index (χ0n) is 6.32. The highest BCUT2D eigenvalue weighted by Gasteiger charge is 2.05. The second kappa shape index (κ2) is 4.64. The minimum Gasteiger partial charge on any atom is -0.379 e. The van der Waals surface area contributed by atoms with E-state index in [1.807, 2.05) is 0 Å². The van der Waals surface area contributed by atoms with E-state index in [2.05, 4.69) is 14.6 Å². The predicted octanol–water partition coefficient (Wildman–Crippen LogP) is 1.37. The molecule has 12 heavy (non-hydrogen) atoms. The van der Waals surface area contributed by atoms with Crippen LogP contribution in [0, 0.1) is 0 Å². The number of hydrogen-bond acceptors (Lipinski definition) is 5. The van der Waals surface area contributed by atoms with Gasteiger partial charge < -0.3 is 5.73 Å². The minimum absolute atomic E-state index is 0.527. The fraction of sp³-hybridized carbons (Fsp3) is 0.400. The number of halogens is 1. The molecule has 0 atom stereocenters. The number of rotatable bonds is 2. The minimum atomic E-state index is 0.527. The number of nitrogens with two attached hydrogens (primary N) is 1. The van der Waals surface area contributed by atoms with Gasteiger partial charge in [0.05, 0.1) is 0 Å². The van der Waals surface area contributed by atoms with E-state index in [1.165, 1.54) is 23.3 Å². The molecule has 2 N–H and O–H groups in total. The van der Waals surface area contributed by atoms with Crippen LogP contribution in [0.1, 0.15) is 5.69 Å². The molecule has 0 saturated carbocycles. The van der Waals surface area contributed by atoms with E-state index in [1.54, 1.807) is 7.05 Å². The van der Waals surface area contributed by atoms with Crippen molar-refractivity contribution in [3.05, 3.63) is 10.0 Å². The average Bonchev–Trinajstić information content (AvgIpc) is 2.47. The van der Waals surface area contributed by atoms with Gasteiger partial charge >= 0.3 is 0 Å². The molecule has 0 radical (unpaired) electrons. The quantitative estimate of drug-likeness (QED) is 0.607. The smallest absolute Gasteiger partial charge is 0.154 e. The molecule has 7 heteroatoms. The van der Waals surface area contributed by atoms with Gasteiger partial charge in [-0.3, -0.25) is 4.99 Å². The van der Waals surface area contributed by atoms with Gasteiger partial charge in [0.15, 0.2) is 5.17 Å². The molecule has 0 spiro atoms. The molecule has 0 aliphatic heterocycles. The van der Waals surface area contributed by atoms with E-state index < -0.39 is 0 Å². The highest BCUT2D eigenvalue weighted by molar-refractivity contribution is 8.13. The number of aromatic nitrogens is 2. The van der Waals surface area contributed by atoms with Crippen LogP contribution < -0.4 is 5.73 Å². The Morgan fingerprint density at radius 3 is 3.08 bits per heavy atom. The Hall–Kier alpha value is -0.330. The molecule has 1 rings (SSSR count). The first-order valence-corrected chi connectivity index (χ1v) is 5.19. The summed E-state index contributed by atoms with van der Waals surface area (Å²) < 4.78 is 4.31. The molecular formula is C5H7ClN4S2. The summed E-state index contributed by atoms with van der Waals surface area (Å²) in [6.45, 7) is 0. The van der Waals surface area contributed by atoms with Crippen LogP contribution >= 0.6 is 34.9 Å². The van der Waals surface area contributed by atoms with Crippen LogP contribution in [0.5, 0.6) is 0 Å². The Morgan fingerprint density at radius 1 is 1.83 bits per heavy atom. The van der Waals surface area contributed by atoms with Gasteiger partial charge in [0.1, 0.15) is 10.0 Å². The van der Waals surface area contributed by atoms with Gasteiger partial charge in [0.25, 0.3) is 0 Å². The van der Waals surface area contributed by atoms with Crippen molar-refractivity contribution in [2.75, 3.05) is 7.05 Å². The Morgan fingerprint density at radius 2 is 2.58 bits per heavy atom. The lowest BCUT2D eigenvalue weighted by molar-refractivity contribution is 1.08. The third kappa shape index (κ3) is 2.62. The molecule has 1 aromatic rings. The molecule has 0 unspecified atom stereocenters. The van der Waals surface area contributed by atoms with E-state index in [4.69, 9.17) is 17.3 Å². The first-order chi connectivity index (χ1) is 5.74. The van der Waals surface area contributed by atoms with Crippen molar-refractivity contribution in [2.24, 2.45) is 10.7 Å². The SMILES string of the molecule is CN=C(N)SCc1nnsc1Cl. The maximum Gasteiger partial charge on any atom is 0.154 e. The lowest BCUT2D eigenvalue weighted by atomic mass is 10.6. The highest BCUT2D eigenvalue weighted by Crippen LogP contribution is 2.21. The Balaban J connectivity index is 2.49. The van der Waals surface area contributed by atoms with E-state index in [-0.39, 0.29) is 0 Å². The standard InChI is InChI=1S/C5H7ClN4S2/c1-8-5(7)11-2-3-4(6)12-10-9-3/h2H2,1H3,(H2,7,8). The van der Waals surface area contributed by atoms with Crippen molar-refractivity contribution in [3.63, 3.8) is 0 Å². The van der Waals surface area contributed by atoms with E-state index in [9.17, 15) is 0 Å². The van der Waals surface area contributed by atoms with Crippen LogP contribution in [0.15, 0.2) is 4.99 Å².